The first-order valence-corrected chi connectivity index (χ1v) is 10.7. The highest BCUT2D eigenvalue weighted by molar-refractivity contribution is 6.30. The number of carbonyl (C=O) groups excluding carboxylic acids is 1. The third-order valence-corrected chi connectivity index (χ3v) is 6.29. The normalized spacial score (nSPS) is 15.7. The molecule has 0 saturated carbocycles. The van der Waals surface area contributed by atoms with Crippen LogP contribution in [0.4, 0.5) is 5.69 Å². The van der Waals surface area contributed by atoms with Crippen LogP contribution in [-0.4, -0.2) is 13.0 Å². The van der Waals surface area contributed by atoms with E-state index < -0.39 is 0 Å². The third-order valence-electron chi connectivity index (χ3n) is 6.04. The molecule has 0 N–H and O–H groups in total. The molecule has 0 spiro atoms. The largest absolute Gasteiger partial charge is 0.496 e. The van der Waals surface area contributed by atoms with Crippen LogP contribution in [0.15, 0.2) is 84.9 Å². The minimum Gasteiger partial charge on any atom is -0.496 e. The summed E-state index contributed by atoms with van der Waals surface area (Å²) in [6.45, 7) is 0.514. The lowest BCUT2D eigenvalue weighted by Gasteiger charge is -2.36. The zero-order chi connectivity index (χ0) is 21.4. The molecule has 1 heterocycles. The Morgan fingerprint density at radius 2 is 1.68 bits per heavy atom. The first-order valence-electron chi connectivity index (χ1n) is 10.3. The average molecular weight is 428 g/mol. The lowest BCUT2D eigenvalue weighted by molar-refractivity contribution is -0.119. The van der Waals surface area contributed by atoms with Gasteiger partial charge >= 0.3 is 0 Å². The van der Waals surface area contributed by atoms with Gasteiger partial charge in [0.15, 0.2) is 0 Å². The predicted molar refractivity (Wildman–Crippen MR) is 126 cm³/mol. The number of para-hydroxylation sites is 1. The van der Waals surface area contributed by atoms with Crippen molar-refractivity contribution in [3.05, 3.63) is 107 Å². The monoisotopic (exact) mass is 427 g/mol. The van der Waals surface area contributed by atoms with Crippen molar-refractivity contribution in [2.45, 2.75) is 18.9 Å². The second-order valence-electron chi connectivity index (χ2n) is 7.82. The van der Waals surface area contributed by atoms with E-state index in [0.717, 1.165) is 22.6 Å². The van der Waals surface area contributed by atoms with Crippen molar-refractivity contribution in [3.63, 3.8) is 0 Å². The molecule has 31 heavy (non-hydrogen) atoms. The van der Waals surface area contributed by atoms with Gasteiger partial charge in [-0.15, -0.1) is 0 Å². The zero-order valence-corrected chi connectivity index (χ0v) is 18.0. The van der Waals surface area contributed by atoms with Crippen LogP contribution in [0.25, 0.3) is 10.8 Å². The maximum atomic E-state index is 13.4. The van der Waals surface area contributed by atoms with Crippen LogP contribution in [0.5, 0.6) is 5.75 Å². The van der Waals surface area contributed by atoms with E-state index in [2.05, 4.69) is 36.4 Å². The molecule has 154 valence electrons. The van der Waals surface area contributed by atoms with Crippen LogP contribution < -0.4 is 9.64 Å². The van der Waals surface area contributed by atoms with Gasteiger partial charge in [0.2, 0.25) is 5.91 Å². The van der Waals surface area contributed by atoms with Crippen LogP contribution >= 0.6 is 11.6 Å². The number of carbonyl (C=O) groups is 1. The van der Waals surface area contributed by atoms with Crippen LogP contribution in [0, 0.1) is 0 Å². The van der Waals surface area contributed by atoms with Crippen molar-refractivity contribution in [1.29, 1.82) is 0 Å². The topological polar surface area (TPSA) is 29.5 Å². The SMILES string of the molecule is COc1ccccc1C1CC(=O)N(Cc2ccc(Cl)cc2)c2ccc3ccccc3c21. The Kier molecular flexibility index (Phi) is 5.13. The summed E-state index contributed by atoms with van der Waals surface area (Å²) in [5.74, 6) is 0.852. The summed E-state index contributed by atoms with van der Waals surface area (Å²) in [6.07, 6.45) is 0.398. The highest BCUT2D eigenvalue weighted by Crippen LogP contribution is 2.46. The Balaban J connectivity index is 1.69. The summed E-state index contributed by atoms with van der Waals surface area (Å²) in [5, 5.41) is 3.03. The number of rotatable bonds is 4. The molecule has 5 rings (SSSR count). The Morgan fingerprint density at radius 3 is 2.48 bits per heavy atom. The molecule has 1 amide bonds. The first kappa shape index (κ1) is 19.7. The highest BCUT2D eigenvalue weighted by atomic mass is 35.5. The van der Waals surface area contributed by atoms with E-state index in [9.17, 15) is 4.79 Å². The number of hydrogen-bond donors (Lipinski definition) is 0. The Labute approximate surface area is 186 Å². The molecule has 0 aliphatic carbocycles. The summed E-state index contributed by atoms with van der Waals surface area (Å²) in [6, 6.07) is 28.2. The minimum absolute atomic E-state index is 0.0637. The molecule has 4 heteroatoms. The van der Waals surface area contributed by atoms with Gasteiger partial charge in [-0.2, -0.15) is 0 Å². The van der Waals surface area contributed by atoms with Gasteiger partial charge in [0.25, 0.3) is 0 Å². The second kappa shape index (κ2) is 8.09. The van der Waals surface area contributed by atoms with Crippen molar-refractivity contribution < 1.29 is 9.53 Å². The van der Waals surface area contributed by atoms with Crippen molar-refractivity contribution in [2.24, 2.45) is 0 Å². The van der Waals surface area contributed by atoms with Gasteiger partial charge in [-0.1, -0.05) is 72.3 Å². The average Bonchev–Trinajstić information content (AvgIpc) is 2.81. The summed E-state index contributed by atoms with van der Waals surface area (Å²) in [5.41, 5.74) is 4.23. The Morgan fingerprint density at radius 1 is 0.935 bits per heavy atom. The van der Waals surface area contributed by atoms with Gasteiger partial charge in [-0.25, -0.2) is 0 Å². The van der Waals surface area contributed by atoms with Crippen LogP contribution in [0.3, 0.4) is 0 Å². The number of anilines is 1. The molecule has 4 aromatic rings. The van der Waals surface area contributed by atoms with Gasteiger partial charge in [-0.05, 0) is 46.2 Å². The fourth-order valence-electron chi connectivity index (χ4n) is 4.57. The maximum absolute atomic E-state index is 13.4. The Bertz CT molecular complexity index is 1270. The molecule has 4 aromatic carbocycles. The smallest absolute Gasteiger partial charge is 0.228 e. The van der Waals surface area contributed by atoms with E-state index in [0.29, 0.717) is 18.0 Å². The number of fused-ring (bicyclic) bond motifs is 3. The van der Waals surface area contributed by atoms with Gasteiger partial charge in [0, 0.05) is 28.6 Å². The molecule has 1 aliphatic rings. The maximum Gasteiger partial charge on any atom is 0.228 e. The number of amides is 1. The van der Waals surface area contributed by atoms with Gasteiger partial charge in [0.1, 0.15) is 5.75 Å². The van der Waals surface area contributed by atoms with Crippen LogP contribution in [0.2, 0.25) is 5.02 Å². The van der Waals surface area contributed by atoms with Crippen LogP contribution in [0.1, 0.15) is 29.0 Å². The van der Waals surface area contributed by atoms with Crippen molar-refractivity contribution in [2.75, 3.05) is 12.0 Å². The van der Waals surface area contributed by atoms with Crippen molar-refractivity contribution in [3.8, 4) is 5.75 Å². The van der Waals surface area contributed by atoms with E-state index in [1.807, 2.05) is 53.4 Å². The summed E-state index contributed by atoms with van der Waals surface area (Å²) in [7, 11) is 1.68. The van der Waals surface area contributed by atoms with Gasteiger partial charge in [0.05, 0.1) is 13.7 Å². The number of ether oxygens (including phenoxy) is 1. The van der Waals surface area contributed by atoms with E-state index >= 15 is 0 Å². The van der Waals surface area contributed by atoms with Crippen molar-refractivity contribution >= 4 is 34.0 Å². The molecule has 0 saturated heterocycles. The molecule has 1 aliphatic heterocycles. The molecule has 1 atom stereocenters. The number of hydrogen-bond acceptors (Lipinski definition) is 2. The molecule has 0 bridgehead atoms. The highest BCUT2D eigenvalue weighted by Gasteiger charge is 2.34. The lowest BCUT2D eigenvalue weighted by Crippen LogP contribution is -2.36. The molecule has 1 unspecified atom stereocenters. The number of benzene rings is 4. The molecular formula is C27H22ClNO2. The summed E-state index contributed by atoms with van der Waals surface area (Å²) >= 11 is 6.05. The summed E-state index contributed by atoms with van der Waals surface area (Å²) in [4.78, 5) is 15.3. The molecule has 3 nitrogen and oxygen atoms in total. The van der Waals surface area contributed by atoms with E-state index in [1.165, 1.54) is 16.3 Å². The molecule has 0 fully saturated rings. The van der Waals surface area contributed by atoms with E-state index in [-0.39, 0.29) is 11.8 Å². The number of halogens is 1. The minimum atomic E-state index is -0.0637. The lowest BCUT2D eigenvalue weighted by atomic mass is 9.80. The number of nitrogens with zero attached hydrogens (tertiary/aromatic N) is 1. The van der Waals surface area contributed by atoms with Crippen LogP contribution in [-0.2, 0) is 11.3 Å². The molecular weight excluding hydrogens is 406 g/mol. The number of methoxy groups -OCH3 is 1. The molecule has 0 aromatic heterocycles. The van der Waals surface area contributed by atoms with E-state index in [1.54, 1.807) is 7.11 Å². The first-order chi connectivity index (χ1) is 15.2. The summed E-state index contributed by atoms with van der Waals surface area (Å²) < 4.78 is 5.66. The standard InChI is InChI=1S/C27H22ClNO2/c1-31-25-9-5-4-8-22(25)23-16-26(30)29(17-18-10-13-20(28)14-11-18)24-15-12-19-6-2-3-7-21(19)27(23)24/h2-15,23H,16-17H2,1H3. The Hall–Kier alpha value is -3.30. The quantitative estimate of drug-likeness (QED) is 0.368. The fraction of sp³-hybridized carbons (Fsp3) is 0.148. The van der Waals surface area contributed by atoms with Gasteiger partial charge < -0.3 is 9.64 Å². The zero-order valence-electron chi connectivity index (χ0n) is 17.2. The second-order valence-corrected chi connectivity index (χ2v) is 8.26. The third kappa shape index (κ3) is 3.55. The molecule has 0 radical (unpaired) electrons. The van der Waals surface area contributed by atoms with E-state index in [4.69, 9.17) is 16.3 Å². The predicted octanol–water partition coefficient (Wildman–Crippen LogP) is 6.57. The van der Waals surface area contributed by atoms with Gasteiger partial charge in [-0.3, -0.25) is 4.79 Å². The fourth-order valence-corrected chi connectivity index (χ4v) is 4.70. The van der Waals surface area contributed by atoms with Crippen molar-refractivity contribution in [1.82, 2.24) is 0 Å².